The van der Waals surface area contributed by atoms with E-state index >= 15 is 0 Å². The monoisotopic (exact) mass is 257 g/mol. The van der Waals surface area contributed by atoms with Crippen LogP contribution in [0.1, 0.15) is 0 Å². The van der Waals surface area contributed by atoms with Gasteiger partial charge in [-0.3, -0.25) is 0 Å². The molecule has 1 aromatic carbocycles. The van der Waals surface area contributed by atoms with E-state index < -0.39 is 0 Å². The number of imidazole rings is 2. The van der Waals surface area contributed by atoms with E-state index in [-0.39, 0.29) is 0 Å². The fourth-order valence-electron chi connectivity index (χ4n) is 2.17. The molecule has 3 aromatic rings. The molecule has 0 spiro atoms. The van der Waals surface area contributed by atoms with E-state index in [4.69, 9.17) is 10.5 Å². The first-order valence-corrected chi connectivity index (χ1v) is 6.04. The minimum Gasteiger partial charge on any atom is -0.494 e. The quantitative estimate of drug-likeness (QED) is 0.769. The molecule has 0 saturated carbocycles. The predicted molar refractivity (Wildman–Crippen MR) is 72.9 cm³/mol. The van der Waals surface area contributed by atoms with Crippen molar-refractivity contribution >= 4 is 17.0 Å². The molecule has 0 bridgehead atoms. The van der Waals surface area contributed by atoms with Gasteiger partial charge >= 0.3 is 0 Å². The number of hydrogen-bond donors (Lipinski definition) is 1. The van der Waals surface area contributed by atoms with E-state index in [1.54, 1.807) is 19.6 Å². The Morgan fingerprint density at radius 3 is 2.95 bits per heavy atom. The summed E-state index contributed by atoms with van der Waals surface area (Å²) in [4.78, 5) is 8.40. The minimum absolute atomic E-state index is 0.500. The van der Waals surface area contributed by atoms with Crippen molar-refractivity contribution in [2.75, 3.05) is 12.8 Å². The summed E-state index contributed by atoms with van der Waals surface area (Å²) in [7, 11) is 1.63. The van der Waals surface area contributed by atoms with Gasteiger partial charge in [0.1, 0.15) is 11.3 Å². The largest absolute Gasteiger partial charge is 0.494 e. The molecule has 0 aliphatic rings. The van der Waals surface area contributed by atoms with Crippen LogP contribution in [0, 0.1) is 0 Å². The summed E-state index contributed by atoms with van der Waals surface area (Å²) in [6.45, 7) is 1.54. The van der Waals surface area contributed by atoms with Crippen molar-refractivity contribution in [3.05, 3.63) is 36.9 Å². The molecule has 2 heterocycles. The zero-order chi connectivity index (χ0) is 13.2. The van der Waals surface area contributed by atoms with Crippen LogP contribution in [0.5, 0.6) is 5.75 Å². The number of fused-ring (bicyclic) bond motifs is 1. The molecule has 0 saturated heterocycles. The SMILES string of the molecule is COc1cccc2c1nc(N)n2CCn1ccnc1. The fourth-order valence-corrected chi connectivity index (χ4v) is 2.17. The summed E-state index contributed by atoms with van der Waals surface area (Å²) >= 11 is 0. The maximum atomic E-state index is 5.99. The van der Waals surface area contributed by atoms with Gasteiger partial charge in [-0.2, -0.15) is 0 Å². The van der Waals surface area contributed by atoms with Crippen molar-refractivity contribution in [2.45, 2.75) is 13.1 Å². The number of benzene rings is 1. The Kier molecular flexibility index (Phi) is 2.83. The smallest absolute Gasteiger partial charge is 0.201 e. The van der Waals surface area contributed by atoms with Crippen molar-refractivity contribution in [3.63, 3.8) is 0 Å². The molecule has 0 fully saturated rings. The number of ether oxygens (including phenoxy) is 1. The molecule has 0 unspecified atom stereocenters. The van der Waals surface area contributed by atoms with Crippen LogP contribution in [-0.2, 0) is 13.1 Å². The van der Waals surface area contributed by atoms with Crippen LogP contribution in [0.3, 0.4) is 0 Å². The van der Waals surface area contributed by atoms with Gasteiger partial charge < -0.3 is 19.6 Å². The molecule has 0 atom stereocenters. The van der Waals surface area contributed by atoms with Crippen molar-refractivity contribution < 1.29 is 4.74 Å². The van der Waals surface area contributed by atoms with Crippen LogP contribution < -0.4 is 10.5 Å². The Bertz CT molecular complexity index is 686. The number of nitrogens with zero attached hydrogens (tertiary/aromatic N) is 4. The minimum atomic E-state index is 0.500. The second kappa shape index (κ2) is 4.64. The maximum Gasteiger partial charge on any atom is 0.201 e. The van der Waals surface area contributed by atoms with Crippen LogP contribution in [0.25, 0.3) is 11.0 Å². The molecule has 6 heteroatoms. The summed E-state index contributed by atoms with van der Waals surface area (Å²) in [6.07, 6.45) is 5.48. The summed E-state index contributed by atoms with van der Waals surface area (Å²) in [6, 6.07) is 5.82. The predicted octanol–water partition coefficient (Wildman–Crippen LogP) is 1.52. The summed E-state index contributed by atoms with van der Waals surface area (Å²) in [5.41, 5.74) is 7.77. The van der Waals surface area contributed by atoms with Gasteiger partial charge in [0.2, 0.25) is 5.95 Å². The van der Waals surface area contributed by atoms with Crippen molar-refractivity contribution in [2.24, 2.45) is 0 Å². The number of anilines is 1. The summed E-state index contributed by atoms with van der Waals surface area (Å²) in [5, 5.41) is 0. The molecule has 98 valence electrons. The third-order valence-corrected chi connectivity index (χ3v) is 3.13. The Balaban J connectivity index is 1.96. The summed E-state index contributed by atoms with van der Waals surface area (Å²) in [5.74, 6) is 1.24. The number of nitrogen functional groups attached to an aromatic ring is 1. The van der Waals surface area contributed by atoms with E-state index in [1.807, 2.05) is 33.5 Å². The zero-order valence-electron chi connectivity index (χ0n) is 10.7. The molecule has 3 rings (SSSR count). The van der Waals surface area contributed by atoms with Crippen LogP contribution in [0.2, 0.25) is 0 Å². The topological polar surface area (TPSA) is 70.9 Å². The summed E-state index contributed by atoms with van der Waals surface area (Å²) < 4.78 is 9.29. The molecular weight excluding hydrogens is 242 g/mol. The molecule has 2 aromatic heterocycles. The van der Waals surface area contributed by atoms with Crippen LogP contribution in [-0.4, -0.2) is 26.2 Å². The third-order valence-electron chi connectivity index (χ3n) is 3.13. The van der Waals surface area contributed by atoms with Gasteiger partial charge in [0, 0.05) is 25.5 Å². The molecule has 0 amide bonds. The first kappa shape index (κ1) is 11.6. The lowest BCUT2D eigenvalue weighted by Crippen LogP contribution is -2.08. The maximum absolute atomic E-state index is 5.99. The molecule has 6 nitrogen and oxygen atoms in total. The number of para-hydroxylation sites is 1. The highest BCUT2D eigenvalue weighted by atomic mass is 16.5. The number of aromatic nitrogens is 4. The third kappa shape index (κ3) is 2.01. The number of hydrogen-bond acceptors (Lipinski definition) is 4. The second-order valence-electron chi connectivity index (χ2n) is 4.25. The Morgan fingerprint density at radius 2 is 2.21 bits per heavy atom. The molecule has 19 heavy (non-hydrogen) atoms. The van der Waals surface area contributed by atoms with Gasteiger partial charge in [0.25, 0.3) is 0 Å². The van der Waals surface area contributed by atoms with Gasteiger partial charge in [-0.05, 0) is 12.1 Å². The van der Waals surface area contributed by atoms with Gasteiger partial charge in [0.15, 0.2) is 0 Å². The normalized spacial score (nSPS) is 11.0. The van der Waals surface area contributed by atoms with E-state index in [9.17, 15) is 0 Å². The molecular formula is C13H15N5O. The Labute approximate surface area is 110 Å². The zero-order valence-corrected chi connectivity index (χ0v) is 10.7. The molecule has 2 N–H and O–H groups in total. The van der Waals surface area contributed by atoms with Gasteiger partial charge in [-0.15, -0.1) is 0 Å². The highest BCUT2D eigenvalue weighted by Gasteiger charge is 2.11. The lowest BCUT2D eigenvalue weighted by molar-refractivity contribution is 0.419. The first-order valence-electron chi connectivity index (χ1n) is 6.04. The number of aryl methyl sites for hydroxylation is 2. The van der Waals surface area contributed by atoms with Gasteiger partial charge in [-0.1, -0.05) is 6.07 Å². The number of nitrogens with two attached hydrogens (primary N) is 1. The van der Waals surface area contributed by atoms with Gasteiger partial charge in [0.05, 0.1) is 19.0 Å². The average molecular weight is 257 g/mol. The molecule has 0 aliphatic heterocycles. The standard InChI is InChI=1S/C13H15N5O/c1-19-11-4-2-3-10-12(11)16-13(14)18(10)8-7-17-6-5-15-9-17/h2-6,9H,7-8H2,1H3,(H2,14,16). The Hall–Kier alpha value is -2.50. The highest BCUT2D eigenvalue weighted by molar-refractivity contribution is 5.84. The van der Waals surface area contributed by atoms with E-state index in [0.717, 1.165) is 29.9 Å². The van der Waals surface area contributed by atoms with Crippen LogP contribution in [0.15, 0.2) is 36.9 Å². The lowest BCUT2D eigenvalue weighted by Gasteiger charge is -2.07. The lowest BCUT2D eigenvalue weighted by atomic mass is 10.3. The van der Waals surface area contributed by atoms with Crippen molar-refractivity contribution in [1.82, 2.24) is 19.1 Å². The molecule has 0 aliphatic carbocycles. The van der Waals surface area contributed by atoms with E-state index in [2.05, 4.69) is 9.97 Å². The number of methoxy groups -OCH3 is 1. The Morgan fingerprint density at radius 1 is 1.32 bits per heavy atom. The van der Waals surface area contributed by atoms with Crippen LogP contribution >= 0.6 is 0 Å². The van der Waals surface area contributed by atoms with E-state index in [0.29, 0.717) is 5.95 Å². The molecule has 0 radical (unpaired) electrons. The van der Waals surface area contributed by atoms with Crippen molar-refractivity contribution in [3.8, 4) is 5.75 Å². The average Bonchev–Trinajstić information content (AvgIpc) is 3.03. The first-order chi connectivity index (χ1) is 9.29. The second-order valence-corrected chi connectivity index (χ2v) is 4.25. The van der Waals surface area contributed by atoms with Crippen LogP contribution in [0.4, 0.5) is 5.95 Å². The highest BCUT2D eigenvalue weighted by Crippen LogP contribution is 2.26. The van der Waals surface area contributed by atoms with Gasteiger partial charge in [-0.25, -0.2) is 9.97 Å². The fraction of sp³-hybridized carbons (Fsp3) is 0.231. The number of rotatable bonds is 4. The van der Waals surface area contributed by atoms with Crippen molar-refractivity contribution in [1.29, 1.82) is 0 Å². The van der Waals surface area contributed by atoms with E-state index in [1.165, 1.54) is 0 Å².